The summed E-state index contributed by atoms with van der Waals surface area (Å²) < 4.78 is 100.0. The van der Waals surface area contributed by atoms with Crippen LogP contribution in [0.15, 0.2) is 81.6 Å². The Morgan fingerprint density at radius 2 is 0.907 bits per heavy atom. The molecule has 0 spiro atoms. The van der Waals surface area contributed by atoms with Crippen molar-refractivity contribution in [2.75, 3.05) is 0 Å². The van der Waals surface area contributed by atoms with Gasteiger partial charge in [-0.1, -0.05) is 12.1 Å². The van der Waals surface area contributed by atoms with Crippen molar-refractivity contribution >= 4 is 22.2 Å². The Morgan fingerprint density at radius 3 is 1.28 bits per heavy atom. The van der Waals surface area contributed by atoms with Crippen molar-refractivity contribution in [3.63, 3.8) is 0 Å². The molecule has 14 heteroatoms. The van der Waals surface area contributed by atoms with Gasteiger partial charge in [0, 0.05) is 0 Å². The molecule has 0 atom stereocenters. The van der Waals surface area contributed by atoms with Crippen molar-refractivity contribution in [3.05, 3.63) is 83.9 Å². The highest BCUT2D eigenvalue weighted by molar-refractivity contribution is 5.81. The zero-order valence-electron chi connectivity index (χ0n) is 21.2. The second-order valence-corrected chi connectivity index (χ2v) is 9.55. The molecule has 0 unspecified atom stereocenters. The number of oxazole rings is 2. The number of hydrogen-bond donors (Lipinski definition) is 4. The average molecular weight is 602 g/mol. The molecular weight excluding hydrogens is 586 g/mol. The first-order chi connectivity index (χ1) is 20.2. The van der Waals surface area contributed by atoms with Crippen LogP contribution in [0.3, 0.4) is 0 Å². The van der Waals surface area contributed by atoms with Crippen LogP contribution >= 0.6 is 0 Å². The van der Waals surface area contributed by atoms with Gasteiger partial charge in [0.2, 0.25) is 17.2 Å². The Hall–Kier alpha value is -5.40. The van der Waals surface area contributed by atoms with Crippen molar-refractivity contribution < 1.29 is 55.6 Å². The Kier molecular flexibility index (Phi) is 6.01. The highest BCUT2D eigenvalue weighted by atomic mass is 19.4. The number of aromatic hydroxyl groups is 4. The minimum absolute atomic E-state index is 0.138. The van der Waals surface area contributed by atoms with E-state index in [9.17, 15) is 46.8 Å². The van der Waals surface area contributed by atoms with Gasteiger partial charge >= 0.3 is 12.4 Å². The van der Waals surface area contributed by atoms with E-state index in [0.29, 0.717) is 24.3 Å². The first kappa shape index (κ1) is 27.8. The normalized spacial score (nSPS) is 12.8. The van der Waals surface area contributed by atoms with Crippen LogP contribution in [0.25, 0.3) is 45.1 Å². The molecule has 0 amide bonds. The molecule has 2 aromatic heterocycles. The van der Waals surface area contributed by atoms with E-state index in [0.717, 1.165) is 48.5 Å². The number of halogens is 6. The lowest BCUT2D eigenvalue weighted by atomic mass is 9.72. The number of rotatable bonds is 4. The van der Waals surface area contributed by atoms with Crippen molar-refractivity contribution in [2.24, 2.45) is 0 Å². The first-order valence-corrected chi connectivity index (χ1v) is 12.2. The molecule has 0 bridgehead atoms. The Morgan fingerprint density at radius 1 is 0.512 bits per heavy atom. The van der Waals surface area contributed by atoms with Crippen molar-refractivity contribution in [1.29, 1.82) is 0 Å². The fourth-order valence-corrected chi connectivity index (χ4v) is 4.92. The predicted octanol–water partition coefficient (Wildman–Crippen LogP) is 7.54. The number of phenols is 4. The maximum Gasteiger partial charge on any atom is 0.411 e. The molecule has 0 aliphatic carbocycles. The lowest BCUT2D eigenvalue weighted by Crippen LogP contribution is -2.54. The standard InChI is InChI=1S/C29H16F6N2O6/c30-28(31,32)27(29(33,34)35,13-1-7-23-19(9-13)36-25(42-23)17-11-15(38)3-5-21(17)40)14-2-8-24-20(10-14)37-26(43-24)18-12-16(39)4-6-22(18)41/h1-12,38-41H. The Bertz CT molecular complexity index is 1880. The average Bonchev–Trinajstić information content (AvgIpc) is 3.54. The summed E-state index contributed by atoms with van der Waals surface area (Å²) in [7, 11) is 0. The van der Waals surface area contributed by atoms with E-state index < -0.39 is 40.4 Å². The molecule has 0 radical (unpaired) electrons. The summed E-state index contributed by atoms with van der Waals surface area (Å²) in [4.78, 5) is 7.95. The minimum atomic E-state index is -5.93. The third-order valence-electron chi connectivity index (χ3n) is 6.91. The summed E-state index contributed by atoms with van der Waals surface area (Å²) in [5.74, 6) is -2.09. The number of alkyl halides is 6. The van der Waals surface area contributed by atoms with Gasteiger partial charge in [-0.25, -0.2) is 9.97 Å². The van der Waals surface area contributed by atoms with Gasteiger partial charge in [-0.2, -0.15) is 26.3 Å². The molecule has 6 rings (SSSR count). The van der Waals surface area contributed by atoms with Crippen molar-refractivity contribution in [2.45, 2.75) is 17.8 Å². The highest BCUT2D eigenvalue weighted by Gasteiger charge is 2.72. The van der Waals surface area contributed by atoms with Crippen LogP contribution in [0.4, 0.5) is 26.3 Å². The van der Waals surface area contributed by atoms with E-state index in [1.165, 1.54) is 0 Å². The predicted molar refractivity (Wildman–Crippen MR) is 138 cm³/mol. The third-order valence-corrected chi connectivity index (χ3v) is 6.91. The van der Waals surface area contributed by atoms with Crippen molar-refractivity contribution in [1.82, 2.24) is 9.97 Å². The van der Waals surface area contributed by atoms with Crippen molar-refractivity contribution in [3.8, 4) is 45.9 Å². The summed E-state index contributed by atoms with van der Waals surface area (Å²) in [6, 6.07) is 10.8. The van der Waals surface area contributed by atoms with E-state index in [4.69, 9.17) is 8.83 Å². The summed E-state index contributed by atoms with van der Waals surface area (Å²) in [5.41, 5.74) is -8.41. The first-order valence-electron chi connectivity index (χ1n) is 12.2. The van der Waals surface area contributed by atoms with E-state index in [2.05, 4.69) is 9.97 Å². The van der Waals surface area contributed by atoms with Crippen LogP contribution < -0.4 is 0 Å². The molecule has 0 saturated heterocycles. The largest absolute Gasteiger partial charge is 0.508 e. The lowest BCUT2D eigenvalue weighted by molar-refractivity contribution is -0.288. The van der Waals surface area contributed by atoms with E-state index in [1.54, 1.807) is 0 Å². The van der Waals surface area contributed by atoms with Gasteiger partial charge in [-0.3, -0.25) is 0 Å². The van der Waals surface area contributed by atoms with Gasteiger partial charge in [0.25, 0.3) is 0 Å². The maximum atomic E-state index is 14.8. The number of hydrogen-bond acceptors (Lipinski definition) is 8. The van der Waals surface area contributed by atoms with Crippen LogP contribution in [-0.4, -0.2) is 42.7 Å². The summed E-state index contributed by atoms with van der Waals surface area (Å²) in [6.07, 6.45) is -11.9. The number of fused-ring (bicyclic) bond motifs is 2. The molecule has 0 fully saturated rings. The molecule has 8 nitrogen and oxygen atoms in total. The topological polar surface area (TPSA) is 133 Å². The number of benzene rings is 4. The molecule has 43 heavy (non-hydrogen) atoms. The minimum Gasteiger partial charge on any atom is -0.508 e. The molecular formula is C29H16F6N2O6. The second kappa shape index (κ2) is 9.31. The number of phenolic OH excluding ortho intramolecular Hbond substituents is 4. The SMILES string of the molecule is Oc1ccc(O)c(-c2nc3cc(C(c4ccc5oc(-c6cc(O)ccc6O)nc5c4)(C(F)(F)F)C(F)(F)F)ccc3o2)c1. The second-order valence-electron chi connectivity index (χ2n) is 9.55. The zero-order valence-corrected chi connectivity index (χ0v) is 21.2. The number of nitrogens with zero attached hydrogens (tertiary/aromatic N) is 2. The molecule has 0 saturated carbocycles. The smallest absolute Gasteiger partial charge is 0.411 e. The van der Waals surface area contributed by atoms with Gasteiger partial charge in [-0.15, -0.1) is 0 Å². The summed E-state index contributed by atoms with van der Waals surface area (Å²) in [5, 5.41) is 39.7. The summed E-state index contributed by atoms with van der Waals surface area (Å²) in [6.45, 7) is 0. The Balaban J connectivity index is 1.55. The van der Waals surface area contributed by atoms with Gasteiger partial charge in [-0.05, 0) is 71.8 Å². The quantitative estimate of drug-likeness (QED) is 0.120. The molecule has 6 aromatic rings. The van der Waals surface area contributed by atoms with E-state index in [1.807, 2.05) is 0 Å². The van der Waals surface area contributed by atoms with Gasteiger partial charge < -0.3 is 29.3 Å². The third kappa shape index (κ3) is 4.33. The van der Waals surface area contributed by atoms with Gasteiger partial charge in [0.05, 0.1) is 11.1 Å². The molecule has 4 aromatic carbocycles. The van der Waals surface area contributed by atoms with Crippen LogP contribution in [0.1, 0.15) is 11.1 Å². The van der Waals surface area contributed by atoms with Crippen LogP contribution in [-0.2, 0) is 5.41 Å². The van der Waals surface area contributed by atoms with E-state index >= 15 is 0 Å². The van der Waals surface area contributed by atoms with Gasteiger partial charge in [0.15, 0.2) is 11.2 Å². The zero-order chi connectivity index (χ0) is 30.9. The van der Waals surface area contributed by atoms with Crippen LogP contribution in [0.5, 0.6) is 23.0 Å². The Labute approximate surface area is 235 Å². The monoisotopic (exact) mass is 602 g/mol. The fraction of sp³-hybridized carbons (Fsp3) is 0.103. The highest BCUT2D eigenvalue weighted by Crippen LogP contribution is 2.57. The lowest BCUT2D eigenvalue weighted by Gasteiger charge is -2.38. The molecule has 0 aliphatic heterocycles. The molecule has 220 valence electrons. The fourth-order valence-electron chi connectivity index (χ4n) is 4.92. The molecule has 0 aliphatic rings. The van der Waals surface area contributed by atoms with E-state index in [-0.39, 0.29) is 56.6 Å². The van der Waals surface area contributed by atoms with Gasteiger partial charge in [0.1, 0.15) is 34.0 Å². The maximum absolute atomic E-state index is 14.8. The summed E-state index contributed by atoms with van der Waals surface area (Å²) >= 11 is 0. The molecule has 2 heterocycles. The van der Waals surface area contributed by atoms with Crippen LogP contribution in [0.2, 0.25) is 0 Å². The van der Waals surface area contributed by atoms with Crippen LogP contribution in [0, 0.1) is 0 Å². The molecule has 4 N–H and O–H groups in total. The number of aromatic nitrogens is 2.